The van der Waals surface area contributed by atoms with Crippen molar-refractivity contribution in [1.82, 2.24) is 20.7 Å². The molecule has 0 bridgehead atoms. The monoisotopic (exact) mass is 403 g/mol. The Morgan fingerprint density at radius 3 is 2.40 bits per heavy atom. The predicted octanol–water partition coefficient (Wildman–Crippen LogP) is 2.82. The van der Waals surface area contributed by atoms with Gasteiger partial charge in [-0.1, -0.05) is 54.6 Å². The number of benzene rings is 2. The van der Waals surface area contributed by atoms with Gasteiger partial charge < -0.3 is 10.4 Å². The molecule has 2 atom stereocenters. The molecule has 0 fully saturated rings. The zero-order valence-electron chi connectivity index (χ0n) is 16.2. The lowest BCUT2D eigenvalue weighted by molar-refractivity contribution is -0.142. The number of H-pyrrole nitrogens is 1. The van der Waals surface area contributed by atoms with Gasteiger partial charge in [0.05, 0.1) is 18.2 Å². The Labute approximate surface area is 173 Å². The molecule has 0 aliphatic heterocycles. The van der Waals surface area contributed by atoms with Crippen molar-refractivity contribution in [3.05, 3.63) is 72.1 Å². The van der Waals surface area contributed by atoms with Crippen molar-refractivity contribution in [2.75, 3.05) is 0 Å². The fourth-order valence-corrected chi connectivity index (χ4v) is 3.24. The van der Waals surface area contributed by atoms with Gasteiger partial charge in [0.25, 0.3) is 5.91 Å². The highest BCUT2D eigenvalue weighted by molar-refractivity contribution is 5.92. The third kappa shape index (κ3) is 5.52. The number of nitrogens with zero attached hydrogens (tertiary/aromatic N) is 3. The molecule has 152 valence electrons. The summed E-state index contributed by atoms with van der Waals surface area (Å²) in [7, 11) is 0. The standard InChI is InChI=1S/C22H21N5O3/c23-11-10-18(22(29)30)13-19(25-21(28)20-14-24-27-26-20)12-15-6-8-17(9-7-15)16-4-2-1-3-5-16/h1-9,14,18-19H,10,12-13H2,(H,25,28)(H,29,30)(H,24,26,27). The van der Waals surface area contributed by atoms with E-state index >= 15 is 0 Å². The first-order valence-corrected chi connectivity index (χ1v) is 9.47. The normalized spacial score (nSPS) is 12.5. The Morgan fingerprint density at radius 1 is 1.10 bits per heavy atom. The van der Waals surface area contributed by atoms with Crippen LogP contribution in [0.1, 0.15) is 28.9 Å². The fraction of sp³-hybridized carbons (Fsp3) is 0.227. The summed E-state index contributed by atoms with van der Waals surface area (Å²) >= 11 is 0. The number of rotatable bonds is 9. The number of carboxylic acids is 1. The minimum absolute atomic E-state index is 0.117. The average Bonchev–Trinajstić information content (AvgIpc) is 3.29. The summed E-state index contributed by atoms with van der Waals surface area (Å²) in [6.07, 6.45) is 1.73. The number of aromatic amines is 1. The van der Waals surface area contributed by atoms with Crippen molar-refractivity contribution in [2.45, 2.75) is 25.3 Å². The van der Waals surface area contributed by atoms with E-state index < -0.39 is 23.8 Å². The van der Waals surface area contributed by atoms with Gasteiger partial charge in [0.1, 0.15) is 0 Å². The number of carbonyl (C=O) groups is 2. The smallest absolute Gasteiger partial charge is 0.307 e. The number of hydrogen-bond donors (Lipinski definition) is 3. The van der Waals surface area contributed by atoms with Crippen molar-refractivity contribution in [3.63, 3.8) is 0 Å². The molecule has 0 saturated heterocycles. The first kappa shape index (κ1) is 20.7. The molecule has 0 aliphatic carbocycles. The lowest BCUT2D eigenvalue weighted by Crippen LogP contribution is -2.39. The summed E-state index contributed by atoms with van der Waals surface area (Å²) < 4.78 is 0. The number of hydrogen-bond acceptors (Lipinski definition) is 5. The maximum atomic E-state index is 12.4. The largest absolute Gasteiger partial charge is 0.481 e. The molecule has 0 spiro atoms. The lowest BCUT2D eigenvalue weighted by atomic mass is 9.92. The summed E-state index contributed by atoms with van der Waals surface area (Å²) in [6.45, 7) is 0. The van der Waals surface area contributed by atoms with Gasteiger partial charge in [0.2, 0.25) is 0 Å². The van der Waals surface area contributed by atoms with Crippen molar-refractivity contribution in [3.8, 4) is 17.2 Å². The second kappa shape index (κ2) is 9.98. The highest BCUT2D eigenvalue weighted by Crippen LogP contribution is 2.21. The molecule has 3 N–H and O–H groups in total. The van der Waals surface area contributed by atoms with Crippen molar-refractivity contribution in [1.29, 1.82) is 5.26 Å². The minimum Gasteiger partial charge on any atom is -0.481 e. The van der Waals surface area contributed by atoms with Crippen molar-refractivity contribution in [2.24, 2.45) is 5.92 Å². The van der Waals surface area contributed by atoms with Gasteiger partial charge in [0, 0.05) is 12.5 Å². The SMILES string of the molecule is N#CCC(CC(Cc1ccc(-c2ccccc2)cc1)NC(=O)c1cn[nH]n1)C(=O)O. The van der Waals surface area contributed by atoms with Gasteiger partial charge in [-0.25, -0.2) is 0 Å². The molecule has 3 rings (SSSR count). The van der Waals surface area contributed by atoms with Crippen LogP contribution in [0.25, 0.3) is 11.1 Å². The second-order valence-electron chi connectivity index (χ2n) is 6.93. The maximum Gasteiger partial charge on any atom is 0.307 e. The first-order chi connectivity index (χ1) is 14.6. The molecule has 0 saturated carbocycles. The molecule has 30 heavy (non-hydrogen) atoms. The van der Waals surface area contributed by atoms with Crippen molar-refractivity contribution >= 4 is 11.9 Å². The van der Waals surface area contributed by atoms with E-state index in [4.69, 9.17) is 5.26 Å². The van der Waals surface area contributed by atoms with Crippen LogP contribution in [0.5, 0.6) is 0 Å². The predicted molar refractivity (Wildman–Crippen MR) is 109 cm³/mol. The van der Waals surface area contributed by atoms with Crippen LogP contribution in [0.3, 0.4) is 0 Å². The van der Waals surface area contributed by atoms with E-state index in [0.717, 1.165) is 16.7 Å². The van der Waals surface area contributed by atoms with Crippen LogP contribution in [0.4, 0.5) is 0 Å². The van der Waals surface area contributed by atoms with Crippen LogP contribution in [-0.2, 0) is 11.2 Å². The molecule has 1 aromatic heterocycles. The fourth-order valence-electron chi connectivity index (χ4n) is 3.24. The summed E-state index contributed by atoms with van der Waals surface area (Å²) in [6, 6.07) is 19.3. The van der Waals surface area contributed by atoms with Crippen LogP contribution < -0.4 is 5.32 Å². The van der Waals surface area contributed by atoms with Gasteiger partial charge in [0.15, 0.2) is 5.69 Å². The number of nitriles is 1. The molecule has 0 aliphatic rings. The molecule has 8 nitrogen and oxygen atoms in total. The van der Waals surface area contributed by atoms with Crippen molar-refractivity contribution < 1.29 is 14.7 Å². The Hall–Kier alpha value is -3.99. The second-order valence-corrected chi connectivity index (χ2v) is 6.93. The van der Waals surface area contributed by atoms with Gasteiger partial charge in [-0.2, -0.15) is 20.7 Å². The quantitative estimate of drug-likeness (QED) is 0.503. The molecular formula is C22H21N5O3. The molecule has 8 heteroatoms. The molecule has 2 aromatic carbocycles. The highest BCUT2D eigenvalue weighted by atomic mass is 16.4. The van der Waals surface area contributed by atoms with E-state index in [9.17, 15) is 14.7 Å². The topological polar surface area (TPSA) is 132 Å². The van der Waals surface area contributed by atoms with E-state index in [1.165, 1.54) is 6.20 Å². The molecule has 1 heterocycles. The number of aromatic nitrogens is 3. The van der Waals surface area contributed by atoms with E-state index in [1.807, 2.05) is 60.7 Å². The summed E-state index contributed by atoms with van der Waals surface area (Å²) in [5.74, 6) is -2.38. The molecule has 0 radical (unpaired) electrons. The van der Waals surface area contributed by atoms with E-state index in [0.29, 0.717) is 6.42 Å². The maximum absolute atomic E-state index is 12.4. The van der Waals surface area contributed by atoms with Gasteiger partial charge in [-0.05, 0) is 29.5 Å². The van der Waals surface area contributed by atoms with Crippen LogP contribution in [0.2, 0.25) is 0 Å². The Kier molecular flexibility index (Phi) is 6.90. The van der Waals surface area contributed by atoms with Gasteiger partial charge >= 0.3 is 5.97 Å². The van der Waals surface area contributed by atoms with Crippen LogP contribution in [0, 0.1) is 17.2 Å². The molecule has 1 amide bonds. The molecular weight excluding hydrogens is 382 g/mol. The van der Waals surface area contributed by atoms with Crippen LogP contribution in [0.15, 0.2) is 60.8 Å². The minimum atomic E-state index is -1.06. The summed E-state index contributed by atoms with van der Waals surface area (Å²) in [5.41, 5.74) is 3.23. The molecule has 3 aromatic rings. The van der Waals surface area contributed by atoms with Crippen LogP contribution in [-0.4, -0.2) is 38.4 Å². The number of carboxylic acid groups (broad SMARTS) is 1. The Bertz CT molecular complexity index is 1010. The molecule has 2 unspecified atom stereocenters. The Balaban J connectivity index is 1.76. The first-order valence-electron chi connectivity index (χ1n) is 9.47. The Morgan fingerprint density at radius 2 is 1.80 bits per heavy atom. The average molecular weight is 403 g/mol. The third-order valence-electron chi connectivity index (χ3n) is 4.78. The van der Waals surface area contributed by atoms with E-state index in [2.05, 4.69) is 20.7 Å². The number of aliphatic carboxylic acids is 1. The number of carbonyl (C=O) groups excluding carboxylic acids is 1. The van der Waals surface area contributed by atoms with Gasteiger partial charge in [-0.15, -0.1) is 0 Å². The summed E-state index contributed by atoms with van der Waals surface area (Å²) in [4.78, 5) is 23.9. The number of nitrogens with one attached hydrogen (secondary N) is 2. The van der Waals surface area contributed by atoms with E-state index in [-0.39, 0.29) is 18.5 Å². The van der Waals surface area contributed by atoms with Gasteiger partial charge in [-0.3, -0.25) is 9.59 Å². The zero-order valence-corrected chi connectivity index (χ0v) is 16.2. The number of amides is 1. The lowest BCUT2D eigenvalue weighted by Gasteiger charge is -2.21. The third-order valence-corrected chi connectivity index (χ3v) is 4.78. The summed E-state index contributed by atoms with van der Waals surface area (Å²) in [5, 5.41) is 30.9. The zero-order chi connectivity index (χ0) is 21.3. The van der Waals surface area contributed by atoms with Crippen LogP contribution >= 0.6 is 0 Å². The highest BCUT2D eigenvalue weighted by Gasteiger charge is 2.25. The van der Waals surface area contributed by atoms with E-state index in [1.54, 1.807) is 0 Å².